The maximum atomic E-state index is 12.3. The summed E-state index contributed by atoms with van der Waals surface area (Å²) in [5.41, 5.74) is 1.21. The van der Waals surface area contributed by atoms with E-state index >= 15 is 0 Å². The molecule has 0 atom stereocenters. The van der Waals surface area contributed by atoms with E-state index in [9.17, 15) is 14.4 Å². The van der Waals surface area contributed by atoms with Gasteiger partial charge < -0.3 is 10.2 Å². The van der Waals surface area contributed by atoms with Crippen LogP contribution < -0.4 is 11.0 Å². The summed E-state index contributed by atoms with van der Waals surface area (Å²) in [7, 11) is 0. The molecule has 0 bridgehead atoms. The molecule has 0 saturated carbocycles. The first-order valence-electron chi connectivity index (χ1n) is 9.22. The number of nitrogens with one attached hydrogen (secondary N) is 1. The Morgan fingerprint density at radius 3 is 2.42 bits per heavy atom. The van der Waals surface area contributed by atoms with E-state index in [-0.39, 0.29) is 30.3 Å². The highest BCUT2D eigenvalue weighted by Gasteiger charge is 2.19. The van der Waals surface area contributed by atoms with Crippen molar-refractivity contribution < 1.29 is 9.59 Å². The number of imidazole rings is 1. The lowest BCUT2D eigenvalue weighted by molar-refractivity contribution is -0.131. The summed E-state index contributed by atoms with van der Waals surface area (Å²) in [6.07, 6.45) is 2.42. The summed E-state index contributed by atoms with van der Waals surface area (Å²) >= 11 is 0. The number of likely N-dealkylation sites (tertiary alicyclic amines) is 1. The fourth-order valence-electron chi connectivity index (χ4n) is 3.40. The largest absolute Gasteiger partial charge is 0.343 e. The molecule has 2 amide bonds. The maximum absolute atomic E-state index is 12.3. The fraction of sp³-hybridized carbons (Fsp3) is 0.556. The third-order valence-corrected chi connectivity index (χ3v) is 4.79. The van der Waals surface area contributed by atoms with Crippen LogP contribution in [0.25, 0.3) is 11.2 Å². The van der Waals surface area contributed by atoms with Crippen LogP contribution in [0.5, 0.6) is 0 Å². The van der Waals surface area contributed by atoms with Gasteiger partial charge in [-0.1, -0.05) is 0 Å². The van der Waals surface area contributed by atoms with Gasteiger partial charge in [0.05, 0.1) is 5.52 Å². The molecule has 1 aliphatic rings. The summed E-state index contributed by atoms with van der Waals surface area (Å²) < 4.78 is 3.25. The third-order valence-electron chi connectivity index (χ3n) is 4.79. The summed E-state index contributed by atoms with van der Waals surface area (Å²) in [5, 5.41) is 2.73. The van der Waals surface area contributed by atoms with Crippen LogP contribution in [0.4, 0.5) is 5.82 Å². The number of hydrogen-bond donors (Lipinski definition) is 1. The second-order valence-corrected chi connectivity index (χ2v) is 6.45. The number of aromatic nitrogens is 3. The molecule has 0 radical (unpaired) electrons. The third kappa shape index (κ3) is 3.49. The minimum Gasteiger partial charge on any atom is -0.343 e. The van der Waals surface area contributed by atoms with Gasteiger partial charge in [0.1, 0.15) is 5.82 Å². The highest BCUT2D eigenvalue weighted by molar-refractivity contribution is 5.93. The van der Waals surface area contributed by atoms with Gasteiger partial charge in [-0.15, -0.1) is 0 Å². The molecule has 140 valence electrons. The van der Waals surface area contributed by atoms with E-state index in [1.165, 1.54) is 0 Å². The Bertz CT molecular complexity index is 877. The van der Waals surface area contributed by atoms with E-state index in [0.29, 0.717) is 24.6 Å². The van der Waals surface area contributed by atoms with E-state index in [0.717, 1.165) is 31.4 Å². The van der Waals surface area contributed by atoms with Crippen LogP contribution in [0.3, 0.4) is 0 Å². The zero-order chi connectivity index (χ0) is 18.7. The number of anilines is 1. The molecule has 0 aromatic carbocycles. The van der Waals surface area contributed by atoms with Gasteiger partial charge in [0.15, 0.2) is 5.65 Å². The molecule has 0 unspecified atom stereocenters. The Morgan fingerprint density at radius 1 is 1.08 bits per heavy atom. The number of pyridine rings is 1. The smallest absolute Gasteiger partial charge is 0.330 e. The zero-order valence-corrected chi connectivity index (χ0v) is 15.3. The van der Waals surface area contributed by atoms with Crippen LogP contribution in [0.1, 0.15) is 39.5 Å². The van der Waals surface area contributed by atoms with E-state index in [1.54, 1.807) is 21.3 Å². The first-order chi connectivity index (χ1) is 12.5. The number of amides is 2. The van der Waals surface area contributed by atoms with Crippen LogP contribution in [-0.4, -0.2) is 43.9 Å². The Balaban J connectivity index is 1.69. The SMILES string of the molecule is CCn1c(=O)n(CC)c2nc(NC(=O)CCC(=O)N3CCCC3)ccc21. The van der Waals surface area contributed by atoms with Crippen LogP contribution in [0, 0.1) is 0 Å². The molecule has 0 spiro atoms. The van der Waals surface area contributed by atoms with Crippen molar-refractivity contribution in [2.24, 2.45) is 0 Å². The van der Waals surface area contributed by atoms with E-state index in [2.05, 4.69) is 10.3 Å². The monoisotopic (exact) mass is 359 g/mol. The molecule has 8 nitrogen and oxygen atoms in total. The van der Waals surface area contributed by atoms with Crippen molar-refractivity contribution in [1.82, 2.24) is 19.0 Å². The van der Waals surface area contributed by atoms with Gasteiger partial charge in [0.25, 0.3) is 0 Å². The molecule has 3 heterocycles. The van der Waals surface area contributed by atoms with E-state index in [4.69, 9.17) is 0 Å². The standard InChI is InChI=1S/C18H25N5O3/c1-3-22-13-7-8-14(20-17(13)23(4-2)18(22)26)19-15(24)9-10-16(25)21-11-5-6-12-21/h7-8H,3-6,9-12H2,1-2H3,(H,19,20,24). The van der Waals surface area contributed by atoms with Crippen LogP contribution in [0.2, 0.25) is 0 Å². The van der Waals surface area contributed by atoms with Gasteiger partial charge in [-0.2, -0.15) is 0 Å². The second kappa shape index (κ2) is 7.72. The lowest BCUT2D eigenvalue weighted by Gasteiger charge is -2.14. The first kappa shape index (κ1) is 18.2. The summed E-state index contributed by atoms with van der Waals surface area (Å²) in [4.78, 5) is 42.8. The lowest BCUT2D eigenvalue weighted by atomic mass is 10.2. The predicted octanol–water partition coefficient (Wildman–Crippen LogP) is 1.58. The molecule has 8 heteroatoms. The van der Waals surface area contributed by atoms with Crippen LogP contribution in [0.15, 0.2) is 16.9 Å². The van der Waals surface area contributed by atoms with Crippen molar-refractivity contribution in [3.63, 3.8) is 0 Å². The van der Waals surface area contributed by atoms with E-state index < -0.39 is 0 Å². The number of carbonyl (C=O) groups excluding carboxylic acids is 2. The zero-order valence-electron chi connectivity index (χ0n) is 15.3. The highest BCUT2D eigenvalue weighted by Crippen LogP contribution is 2.15. The first-order valence-corrected chi connectivity index (χ1v) is 9.22. The van der Waals surface area contributed by atoms with Gasteiger partial charge in [0, 0.05) is 39.0 Å². The van der Waals surface area contributed by atoms with Crippen molar-refractivity contribution in [1.29, 1.82) is 0 Å². The van der Waals surface area contributed by atoms with Gasteiger partial charge in [-0.05, 0) is 38.8 Å². The number of rotatable bonds is 6. The van der Waals surface area contributed by atoms with Crippen molar-refractivity contribution in [3.8, 4) is 0 Å². The average Bonchev–Trinajstić information content (AvgIpc) is 3.25. The molecular formula is C18H25N5O3. The van der Waals surface area contributed by atoms with Crippen molar-refractivity contribution >= 4 is 28.8 Å². The van der Waals surface area contributed by atoms with Crippen molar-refractivity contribution in [3.05, 3.63) is 22.6 Å². The topological polar surface area (TPSA) is 89.2 Å². The molecule has 3 rings (SSSR count). The molecule has 2 aromatic rings. The number of fused-ring (bicyclic) bond motifs is 1. The maximum Gasteiger partial charge on any atom is 0.330 e. The molecule has 1 aliphatic heterocycles. The van der Waals surface area contributed by atoms with Gasteiger partial charge >= 0.3 is 5.69 Å². The predicted molar refractivity (Wildman–Crippen MR) is 99.0 cm³/mol. The van der Waals surface area contributed by atoms with Crippen molar-refractivity contribution in [2.45, 2.75) is 52.6 Å². The number of nitrogens with zero attached hydrogens (tertiary/aromatic N) is 4. The number of hydrogen-bond acceptors (Lipinski definition) is 4. The van der Waals surface area contributed by atoms with Gasteiger partial charge in [0.2, 0.25) is 11.8 Å². The Morgan fingerprint density at radius 2 is 1.77 bits per heavy atom. The molecule has 0 aliphatic carbocycles. The van der Waals surface area contributed by atoms with Gasteiger partial charge in [-0.25, -0.2) is 9.78 Å². The summed E-state index contributed by atoms with van der Waals surface area (Å²) in [6, 6.07) is 3.48. The Hall–Kier alpha value is -2.64. The summed E-state index contributed by atoms with van der Waals surface area (Å²) in [5.74, 6) is 0.178. The van der Waals surface area contributed by atoms with Crippen LogP contribution >= 0.6 is 0 Å². The minimum atomic E-state index is -0.246. The van der Waals surface area contributed by atoms with Crippen LogP contribution in [-0.2, 0) is 22.7 Å². The van der Waals surface area contributed by atoms with Crippen molar-refractivity contribution in [2.75, 3.05) is 18.4 Å². The minimum absolute atomic E-state index is 0.0286. The van der Waals surface area contributed by atoms with Gasteiger partial charge in [-0.3, -0.25) is 18.7 Å². The number of carbonyl (C=O) groups is 2. The second-order valence-electron chi connectivity index (χ2n) is 6.45. The fourth-order valence-corrected chi connectivity index (χ4v) is 3.40. The lowest BCUT2D eigenvalue weighted by Crippen LogP contribution is -2.28. The summed E-state index contributed by atoms with van der Waals surface area (Å²) in [6.45, 7) is 6.46. The molecule has 1 fully saturated rings. The molecular weight excluding hydrogens is 334 g/mol. The molecule has 2 aromatic heterocycles. The molecule has 1 N–H and O–H groups in total. The Labute approximate surface area is 151 Å². The number of aryl methyl sites for hydroxylation is 2. The molecule has 26 heavy (non-hydrogen) atoms. The highest BCUT2D eigenvalue weighted by atomic mass is 16.2. The average molecular weight is 359 g/mol. The Kier molecular flexibility index (Phi) is 5.39. The normalized spacial score (nSPS) is 14.2. The quantitative estimate of drug-likeness (QED) is 0.848. The van der Waals surface area contributed by atoms with E-state index in [1.807, 2.05) is 18.7 Å². The molecule has 1 saturated heterocycles.